The Balaban J connectivity index is 0.000000244. The van der Waals surface area contributed by atoms with Crippen LogP contribution >= 0.6 is 23.5 Å². The van der Waals surface area contributed by atoms with Crippen LogP contribution in [0.15, 0.2) is 52.8 Å². The van der Waals surface area contributed by atoms with Crippen LogP contribution in [0.25, 0.3) is 22.1 Å². The van der Waals surface area contributed by atoms with Gasteiger partial charge >= 0.3 is 24.7 Å². The Bertz CT molecular complexity index is 3110. The number of hydrogen-bond donors (Lipinski definition) is 4. The molecular weight excluding hydrogens is 1210 g/mol. The largest absolute Gasteiger partial charge is 0.482 e. The van der Waals surface area contributed by atoms with Crippen LogP contribution in [0.2, 0.25) is 0 Å². The average Bonchev–Trinajstić information content (AvgIpc) is 3.42. The number of ether oxygens (including phenoxy) is 4. The first-order chi connectivity index (χ1) is 39.9. The number of halogens is 15. The van der Waals surface area contributed by atoms with E-state index in [4.69, 9.17) is 14.2 Å². The number of anilines is 2. The number of amides is 2. The van der Waals surface area contributed by atoms with Crippen molar-refractivity contribution in [2.75, 3.05) is 127 Å². The molecule has 8 rings (SSSR count). The first-order valence-electron chi connectivity index (χ1n) is 25.5. The molecule has 0 aliphatic carbocycles. The number of aromatic amines is 2. The van der Waals surface area contributed by atoms with E-state index in [-0.39, 0.29) is 30.3 Å². The van der Waals surface area contributed by atoms with Gasteiger partial charge in [-0.15, -0.1) is 0 Å². The normalized spacial score (nSPS) is 15.2. The zero-order valence-electron chi connectivity index (χ0n) is 44.8. The maximum absolute atomic E-state index is 13.4. The molecule has 0 saturated carbocycles. The number of carbonyl (C=O) groups is 2. The Morgan fingerprint density at radius 2 is 0.882 bits per heavy atom. The summed E-state index contributed by atoms with van der Waals surface area (Å²) in [4.78, 5) is 55.7. The van der Waals surface area contributed by atoms with Crippen molar-refractivity contribution >= 4 is 68.8 Å². The monoisotopic (exact) mass is 1270 g/mol. The highest BCUT2D eigenvalue weighted by Crippen LogP contribution is 2.38. The number of H-pyrrole nitrogens is 2. The highest BCUT2D eigenvalue weighted by atomic mass is 32.2. The number of pyridine rings is 2. The van der Waals surface area contributed by atoms with E-state index in [1.54, 1.807) is 15.9 Å². The summed E-state index contributed by atoms with van der Waals surface area (Å²) in [6, 6.07) is 8.51. The number of nitrogens with one attached hydrogen (secondary N) is 4. The lowest BCUT2D eigenvalue weighted by atomic mass is 10.3. The Morgan fingerprint density at radius 1 is 0.506 bits per heavy atom. The summed E-state index contributed by atoms with van der Waals surface area (Å²) in [5.74, 6) is -4.82. The van der Waals surface area contributed by atoms with E-state index in [9.17, 15) is 75.4 Å². The number of piperazine rings is 2. The first-order valence-corrected chi connectivity index (χ1v) is 27.4. The van der Waals surface area contributed by atoms with E-state index in [1.165, 1.54) is 49.5 Å². The summed E-state index contributed by atoms with van der Waals surface area (Å²) >= 11 is 2.87. The molecule has 466 valence electrons. The van der Waals surface area contributed by atoms with Crippen LogP contribution in [-0.2, 0) is 9.59 Å². The molecule has 18 nitrogen and oxygen atoms in total. The Hall–Kier alpha value is -6.69. The van der Waals surface area contributed by atoms with Gasteiger partial charge in [-0.1, -0.05) is 23.5 Å². The van der Waals surface area contributed by atoms with Gasteiger partial charge in [0.15, 0.2) is 59.9 Å². The number of imidazole rings is 2. The smallest absolute Gasteiger partial charge is 0.422 e. The number of alkyl halides is 12. The van der Waals surface area contributed by atoms with Crippen LogP contribution in [0.1, 0.15) is 11.4 Å². The minimum Gasteiger partial charge on any atom is -0.482 e. The molecule has 6 aromatic rings. The molecule has 85 heavy (non-hydrogen) atoms. The van der Waals surface area contributed by atoms with Crippen molar-refractivity contribution in [2.24, 2.45) is 0 Å². The van der Waals surface area contributed by atoms with E-state index < -0.39 is 109 Å². The van der Waals surface area contributed by atoms with Gasteiger partial charge in [-0.2, -0.15) is 52.7 Å². The van der Waals surface area contributed by atoms with Crippen molar-refractivity contribution in [1.29, 1.82) is 0 Å². The Labute approximate surface area is 481 Å². The van der Waals surface area contributed by atoms with E-state index >= 15 is 0 Å². The highest BCUT2D eigenvalue weighted by Gasteiger charge is 2.35. The van der Waals surface area contributed by atoms with Crippen molar-refractivity contribution in [1.82, 2.24) is 49.5 Å². The van der Waals surface area contributed by atoms with Gasteiger partial charge in [0.2, 0.25) is 23.6 Å². The van der Waals surface area contributed by atoms with Gasteiger partial charge < -0.3 is 39.5 Å². The van der Waals surface area contributed by atoms with Crippen molar-refractivity contribution in [3.63, 3.8) is 0 Å². The van der Waals surface area contributed by atoms with Crippen LogP contribution in [0.3, 0.4) is 0 Å². The minimum absolute atomic E-state index is 0.0183. The molecule has 2 fully saturated rings. The van der Waals surface area contributed by atoms with Crippen molar-refractivity contribution < 1.29 is 94.4 Å². The summed E-state index contributed by atoms with van der Waals surface area (Å²) in [5, 5.41) is 5.82. The van der Waals surface area contributed by atoms with Gasteiger partial charge in [-0.25, -0.2) is 33.1 Å². The van der Waals surface area contributed by atoms with Gasteiger partial charge in [0, 0.05) is 113 Å². The molecule has 35 heteroatoms. The summed E-state index contributed by atoms with van der Waals surface area (Å²) in [7, 11) is 0. The second-order valence-corrected chi connectivity index (χ2v) is 21.2. The predicted molar refractivity (Wildman–Crippen MR) is 281 cm³/mol. The number of aryl methyl sites for hydroxylation is 2. The fourth-order valence-corrected chi connectivity index (χ4v) is 10.0. The number of hydrogen-bond acceptors (Lipinski definition) is 16. The van der Waals surface area contributed by atoms with Gasteiger partial charge in [0.25, 0.3) is 0 Å². The number of aromatic nitrogens is 6. The van der Waals surface area contributed by atoms with Gasteiger partial charge in [-0.05, 0) is 32.0 Å². The molecule has 0 unspecified atom stereocenters. The third-order valence-electron chi connectivity index (χ3n) is 12.1. The predicted octanol–water partition coefficient (Wildman–Crippen LogP) is 9.41. The van der Waals surface area contributed by atoms with Gasteiger partial charge in [-0.3, -0.25) is 29.2 Å². The zero-order valence-corrected chi connectivity index (χ0v) is 46.4. The number of nitrogens with zero attached hydrogens (tertiary/aromatic N) is 8. The fourth-order valence-electron chi connectivity index (χ4n) is 8.24. The SMILES string of the molecule is Cc1cc(OCC(F)(F)F)c(NC(=O)CN2CCN(CCSc3nc4cc(F)c(F)cc4[nH]3)CC2)c(OCC(F)(F)F)n1.Cc1cc(OCC(F)(F)F)c(NC(=O)CN2CCN(CCSc3nc4ccc(F)cc4[nH]3)CC2)c(OCC(F)(F)F)n1. The maximum atomic E-state index is 13.4. The quantitative estimate of drug-likeness (QED) is 0.0371. The lowest BCUT2D eigenvalue weighted by Gasteiger charge is -2.34. The molecule has 0 atom stereocenters. The lowest BCUT2D eigenvalue weighted by molar-refractivity contribution is -0.155. The third-order valence-corrected chi connectivity index (χ3v) is 13.8. The lowest BCUT2D eigenvalue weighted by Crippen LogP contribution is -2.49. The second-order valence-electron chi connectivity index (χ2n) is 19.1. The second kappa shape index (κ2) is 28.7. The average molecular weight is 1270 g/mol. The van der Waals surface area contributed by atoms with Crippen LogP contribution in [0.4, 0.5) is 77.2 Å². The molecule has 6 heterocycles. The molecule has 2 amide bonds. The molecule has 0 bridgehead atoms. The van der Waals surface area contributed by atoms with E-state index in [1.807, 2.05) is 0 Å². The molecule has 2 aliphatic rings. The van der Waals surface area contributed by atoms with Crippen LogP contribution in [-0.4, -0.2) is 202 Å². The van der Waals surface area contributed by atoms with E-state index in [0.717, 1.165) is 30.8 Å². The van der Waals surface area contributed by atoms with Crippen molar-refractivity contribution in [2.45, 2.75) is 48.9 Å². The molecular formula is C50H53F15N12O6S2. The Morgan fingerprint density at radius 3 is 1.31 bits per heavy atom. The molecule has 0 spiro atoms. The topological polar surface area (TPSA) is 191 Å². The number of fused-ring (bicyclic) bond motifs is 2. The highest BCUT2D eigenvalue weighted by molar-refractivity contribution is 7.99. The molecule has 4 N–H and O–H groups in total. The first kappa shape index (κ1) is 65.8. The fraction of sp³-hybridized carbons (Fsp3) is 0.480. The Kier molecular flexibility index (Phi) is 22.2. The van der Waals surface area contributed by atoms with Crippen LogP contribution in [0, 0.1) is 31.3 Å². The summed E-state index contributed by atoms with van der Waals surface area (Å²) in [6.07, 6.45) is -19.0. The molecule has 2 aromatic carbocycles. The molecule has 4 aromatic heterocycles. The number of benzene rings is 2. The van der Waals surface area contributed by atoms with Crippen molar-refractivity contribution in [3.8, 4) is 23.3 Å². The molecule has 2 saturated heterocycles. The van der Waals surface area contributed by atoms with Crippen molar-refractivity contribution in [3.05, 3.63) is 71.3 Å². The standard InChI is InChI=1S/C25H26F8N6O3S.C25H27F7N6O3S/c1-14-8-19(41-12-24(28,29)30)21(22(34-14)42-13-25(31,32)33)37-20(40)11-39-4-2-38(3-5-39)6-7-43-23-35-17-9-15(26)16(27)10-18(17)36-23;1-15-10-19(40-13-24(27,28)29)21(22(33-15)41-14-25(30,31)32)36-20(39)12-38-6-4-37(5-7-38)8-9-42-23-34-17-3-2-16(26)11-18(17)35-23/h8-10H,2-7,11-13H2,1H3,(H,35,36)(H,37,40);2-3,10-11H,4-9,12-14H2,1H3,(H,34,35)(H,36,39). The summed E-state index contributed by atoms with van der Waals surface area (Å²) < 4.78 is 212. The van der Waals surface area contributed by atoms with Gasteiger partial charge in [0.1, 0.15) is 17.2 Å². The molecule has 0 radical (unpaired) electrons. The third kappa shape index (κ3) is 21.7. The zero-order chi connectivity index (χ0) is 61.9. The number of carbonyl (C=O) groups excluding carboxylic acids is 2. The number of thioether (sulfide) groups is 2. The van der Waals surface area contributed by atoms with Crippen LogP contribution in [0.5, 0.6) is 23.3 Å². The van der Waals surface area contributed by atoms with E-state index in [0.29, 0.717) is 103 Å². The van der Waals surface area contributed by atoms with Gasteiger partial charge in [0.05, 0.1) is 35.2 Å². The van der Waals surface area contributed by atoms with E-state index in [2.05, 4.69) is 55.1 Å². The van der Waals surface area contributed by atoms with Crippen LogP contribution < -0.4 is 29.6 Å². The minimum atomic E-state index is -4.76. The maximum Gasteiger partial charge on any atom is 0.422 e. The number of rotatable bonds is 22. The summed E-state index contributed by atoms with van der Waals surface area (Å²) in [6.45, 7) is 1.01. The summed E-state index contributed by atoms with van der Waals surface area (Å²) in [5.41, 5.74) is 0.990. The molecule has 2 aliphatic heterocycles.